The lowest BCUT2D eigenvalue weighted by molar-refractivity contribution is 0.102. The number of benzene rings is 2. The molecule has 1 heterocycles. The monoisotopic (exact) mass is 362 g/mol. The van der Waals surface area contributed by atoms with Crippen molar-refractivity contribution in [3.05, 3.63) is 58.9 Å². The maximum Gasteiger partial charge on any atom is 0.257 e. The molecule has 1 aliphatic rings. The quantitative estimate of drug-likeness (QED) is 0.860. The second-order valence-electron chi connectivity index (χ2n) is 6.23. The Hall–Kier alpha value is -2.11. The fourth-order valence-corrected chi connectivity index (χ4v) is 3.11. The van der Waals surface area contributed by atoms with Gasteiger partial charge in [0.1, 0.15) is 17.7 Å². The number of nitrogens with one attached hydrogen (secondary N) is 2. The van der Waals surface area contributed by atoms with Crippen LogP contribution >= 0.6 is 11.6 Å². The maximum atomic E-state index is 13.1. The van der Waals surface area contributed by atoms with Crippen molar-refractivity contribution >= 4 is 23.2 Å². The first kappa shape index (κ1) is 17.7. The molecular weight excluding hydrogens is 343 g/mol. The number of amides is 1. The van der Waals surface area contributed by atoms with Crippen molar-refractivity contribution in [3.63, 3.8) is 0 Å². The zero-order chi connectivity index (χ0) is 17.8. The number of carbonyl (C=O) groups excluding carboxylic acids is 1. The Morgan fingerprint density at radius 1 is 1.32 bits per heavy atom. The van der Waals surface area contributed by atoms with Gasteiger partial charge in [0.2, 0.25) is 0 Å². The van der Waals surface area contributed by atoms with Gasteiger partial charge >= 0.3 is 0 Å². The maximum absolute atomic E-state index is 13.1. The molecule has 0 bridgehead atoms. The van der Waals surface area contributed by atoms with Crippen LogP contribution < -0.4 is 15.4 Å². The highest BCUT2D eigenvalue weighted by atomic mass is 35.5. The van der Waals surface area contributed by atoms with Crippen molar-refractivity contribution in [1.82, 2.24) is 5.32 Å². The van der Waals surface area contributed by atoms with Gasteiger partial charge in [0.25, 0.3) is 5.91 Å². The van der Waals surface area contributed by atoms with E-state index in [-0.39, 0.29) is 16.7 Å². The van der Waals surface area contributed by atoms with Crippen molar-refractivity contribution in [2.75, 3.05) is 18.4 Å². The van der Waals surface area contributed by atoms with Crippen LogP contribution in [0, 0.1) is 11.7 Å². The molecule has 6 heteroatoms. The van der Waals surface area contributed by atoms with Crippen LogP contribution in [-0.4, -0.2) is 25.1 Å². The molecular formula is C19H20ClFN2O2. The summed E-state index contributed by atoms with van der Waals surface area (Å²) in [7, 11) is 0. The van der Waals surface area contributed by atoms with E-state index in [1.165, 1.54) is 12.1 Å². The van der Waals surface area contributed by atoms with Gasteiger partial charge in [0.05, 0.1) is 10.6 Å². The third-order valence-electron chi connectivity index (χ3n) is 4.26. The Bertz CT molecular complexity index is 769. The van der Waals surface area contributed by atoms with Crippen LogP contribution in [0.1, 0.15) is 23.7 Å². The van der Waals surface area contributed by atoms with Crippen molar-refractivity contribution in [2.45, 2.75) is 19.4 Å². The van der Waals surface area contributed by atoms with Crippen molar-refractivity contribution in [3.8, 4) is 5.75 Å². The molecule has 1 amide bonds. The Morgan fingerprint density at radius 3 is 2.92 bits per heavy atom. The molecule has 2 aromatic rings. The van der Waals surface area contributed by atoms with Crippen LogP contribution in [0.5, 0.6) is 5.75 Å². The van der Waals surface area contributed by atoms with Crippen LogP contribution in [0.25, 0.3) is 0 Å². The molecule has 132 valence electrons. The average Bonchev–Trinajstić information content (AvgIpc) is 2.57. The van der Waals surface area contributed by atoms with Crippen LogP contribution in [0.2, 0.25) is 5.02 Å². The van der Waals surface area contributed by atoms with Gasteiger partial charge < -0.3 is 15.4 Å². The van der Waals surface area contributed by atoms with Crippen molar-refractivity contribution < 1.29 is 13.9 Å². The summed E-state index contributed by atoms with van der Waals surface area (Å²) in [5, 5.41) is 6.19. The van der Waals surface area contributed by atoms with E-state index < -0.39 is 11.7 Å². The summed E-state index contributed by atoms with van der Waals surface area (Å²) in [6.45, 7) is 4.03. The summed E-state index contributed by atoms with van der Waals surface area (Å²) in [4.78, 5) is 12.3. The number of carbonyl (C=O) groups is 1. The lowest BCUT2D eigenvalue weighted by Crippen LogP contribution is -2.41. The molecule has 3 rings (SSSR count). The number of halogens is 2. The molecule has 2 N–H and O–H groups in total. The molecule has 1 fully saturated rings. The minimum absolute atomic E-state index is 0.0773. The van der Waals surface area contributed by atoms with E-state index in [0.717, 1.165) is 25.6 Å². The van der Waals surface area contributed by atoms with Crippen molar-refractivity contribution in [1.29, 1.82) is 0 Å². The van der Waals surface area contributed by atoms with E-state index in [0.29, 0.717) is 17.4 Å². The normalized spacial score (nSPS) is 20.1. The minimum Gasteiger partial charge on any atom is -0.490 e. The number of ether oxygens (including phenoxy) is 1. The highest BCUT2D eigenvalue weighted by Crippen LogP contribution is 2.24. The summed E-state index contributed by atoms with van der Waals surface area (Å²) in [5.74, 6) is 0.261. The first-order valence-electron chi connectivity index (χ1n) is 8.27. The highest BCUT2D eigenvalue weighted by Gasteiger charge is 2.22. The van der Waals surface area contributed by atoms with Crippen LogP contribution in [-0.2, 0) is 0 Å². The lowest BCUT2D eigenvalue weighted by atomic mass is 9.98. The smallest absolute Gasteiger partial charge is 0.257 e. The summed E-state index contributed by atoms with van der Waals surface area (Å²) in [5.41, 5.74) is 0.825. The molecule has 2 aromatic carbocycles. The molecule has 1 aliphatic heterocycles. The Kier molecular flexibility index (Phi) is 5.56. The second kappa shape index (κ2) is 7.85. The van der Waals surface area contributed by atoms with Gasteiger partial charge in [-0.25, -0.2) is 4.39 Å². The van der Waals surface area contributed by atoms with Crippen LogP contribution in [0.4, 0.5) is 10.1 Å². The molecule has 25 heavy (non-hydrogen) atoms. The van der Waals surface area contributed by atoms with E-state index in [1.54, 1.807) is 12.1 Å². The fourth-order valence-electron chi connectivity index (χ4n) is 2.86. The predicted octanol–water partition coefficient (Wildman–Crippen LogP) is 4.11. The second-order valence-corrected chi connectivity index (χ2v) is 6.64. The standard InChI is InChI=1S/C19H20ClFN2O2/c1-12-11-22-8-7-18(12)25-15-4-2-3-14(10-15)23-19(24)16-6-5-13(21)9-17(16)20/h2-6,9-10,12,18,22H,7-8,11H2,1H3,(H,23,24)/t12-,18-/m0/s1. The number of hydrogen-bond donors (Lipinski definition) is 2. The Labute approximate surface area is 151 Å². The minimum atomic E-state index is -0.479. The number of hydrogen-bond acceptors (Lipinski definition) is 3. The van der Waals surface area contributed by atoms with Gasteiger partial charge in [0, 0.05) is 24.2 Å². The molecule has 4 nitrogen and oxygen atoms in total. The van der Waals surface area contributed by atoms with E-state index in [9.17, 15) is 9.18 Å². The molecule has 0 aromatic heterocycles. The number of piperidine rings is 1. The topological polar surface area (TPSA) is 50.4 Å². The van der Waals surface area contributed by atoms with E-state index in [2.05, 4.69) is 17.6 Å². The number of anilines is 1. The molecule has 0 aliphatic carbocycles. The van der Waals surface area contributed by atoms with E-state index in [1.807, 2.05) is 12.1 Å². The summed E-state index contributed by atoms with van der Waals surface area (Å²) >= 11 is 5.94. The molecule has 0 unspecified atom stereocenters. The highest BCUT2D eigenvalue weighted by molar-refractivity contribution is 6.34. The lowest BCUT2D eigenvalue weighted by Gasteiger charge is -2.30. The molecule has 1 saturated heterocycles. The third kappa shape index (κ3) is 4.50. The van der Waals surface area contributed by atoms with Gasteiger partial charge in [-0.1, -0.05) is 24.6 Å². The molecule has 0 saturated carbocycles. The Balaban J connectivity index is 1.69. The van der Waals surface area contributed by atoms with Gasteiger partial charge in [-0.3, -0.25) is 4.79 Å². The van der Waals surface area contributed by atoms with E-state index >= 15 is 0 Å². The summed E-state index contributed by atoms with van der Waals surface area (Å²) in [6.07, 6.45) is 1.10. The third-order valence-corrected chi connectivity index (χ3v) is 4.57. The van der Waals surface area contributed by atoms with Gasteiger partial charge in [-0.05, 0) is 43.3 Å². The van der Waals surface area contributed by atoms with E-state index in [4.69, 9.17) is 16.3 Å². The SMILES string of the molecule is C[C@H]1CNCC[C@@H]1Oc1cccc(NC(=O)c2ccc(F)cc2Cl)c1. The predicted molar refractivity (Wildman–Crippen MR) is 96.9 cm³/mol. The van der Waals surface area contributed by atoms with Crippen molar-refractivity contribution in [2.24, 2.45) is 5.92 Å². The zero-order valence-electron chi connectivity index (χ0n) is 13.9. The van der Waals surface area contributed by atoms with Crippen LogP contribution in [0.15, 0.2) is 42.5 Å². The summed E-state index contributed by atoms with van der Waals surface area (Å²) in [6, 6.07) is 10.9. The summed E-state index contributed by atoms with van der Waals surface area (Å²) < 4.78 is 19.2. The molecule has 2 atom stereocenters. The number of rotatable bonds is 4. The molecule has 0 spiro atoms. The van der Waals surface area contributed by atoms with Gasteiger partial charge in [-0.15, -0.1) is 0 Å². The first-order valence-corrected chi connectivity index (χ1v) is 8.64. The molecule has 0 radical (unpaired) electrons. The van der Waals surface area contributed by atoms with Gasteiger partial charge in [-0.2, -0.15) is 0 Å². The zero-order valence-corrected chi connectivity index (χ0v) is 14.6. The Morgan fingerprint density at radius 2 is 2.16 bits per heavy atom. The fraction of sp³-hybridized carbons (Fsp3) is 0.316. The first-order chi connectivity index (χ1) is 12.0. The average molecular weight is 363 g/mol. The van der Waals surface area contributed by atoms with Crippen LogP contribution in [0.3, 0.4) is 0 Å². The van der Waals surface area contributed by atoms with Gasteiger partial charge in [0.15, 0.2) is 0 Å². The largest absolute Gasteiger partial charge is 0.490 e.